The predicted octanol–water partition coefficient (Wildman–Crippen LogP) is 2.95. The van der Waals surface area contributed by atoms with Crippen LogP contribution in [0.3, 0.4) is 0 Å². The van der Waals surface area contributed by atoms with Crippen molar-refractivity contribution in [2.75, 3.05) is 26.0 Å². The first kappa shape index (κ1) is 18.4. The Bertz CT molecular complexity index is 498. The third-order valence-electron chi connectivity index (χ3n) is 4.59. The van der Waals surface area contributed by atoms with Gasteiger partial charge in [-0.25, -0.2) is 0 Å². The summed E-state index contributed by atoms with van der Waals surface area (Å²) in [4.78, 5) is 15.9. The number of nitrogens with zero attached hydrogens (tertiary/aromatic N) is 1. The fourth-order valence-electron chi connectivity index (χ4n) is 3.45. The maximum absolute atomic E-state index is 12.6. The number of carbonyl (C=O) groups excluding carboxylic acids is 1. The van der Waals surface area contributed by atoms with E-state index in [-0.39, 0.29) is 12.4 Å². The minimum atomic E-state index is 0. The lowest BCUT2D eigenvalue weighted by atomic mass is 10.1. The van der Waals surface area contributed by atoms with Crippen LogP contribution < -0.4 is 10.1 Å². The van der Waals surface area contributed by atoms with Gasteiger partial charge in [0, 0.05) is 35.7 Å². The maximum Gasteiger partial charge on any atom is 0.223 e. The van der Waals surface area contributed by atoms with Gasteiger partial charge in [-0.05, 0) is 50.1 Å². The number of ether oxygens (including phenoxy) is 1. The fraction of sp³-hybridized carbons (Fsp3) is 0.588. The van der Waals surface area contributed by atoms with Crippen LogP contribution in [0, 0.1) is 0 Å². The van der Waals surface area contributed by atoms with Crippen molar-refractivity contribution in [2.24, 2.45) is 0 Å². The molecule has 2 aliphatic rings. The van der Waals surface area contributed by atoms with Gasteiger partial charge in [0.15, 0.2) is 0 Å². The average molecular weight is 357 g/mol. The summed E-state index contributed by atoms with van der Waals surface area (Å²) >= 11 is 1.74. The van der Waals surface area contributed by atoms with Gasteiger partial charge in [-0.2, -0.15) is 0 Å². The van der Waals surface area contributed by atoms with Gasteiger partial charge in [0.1, 0.15) is 5.75 Å². The van der Waals surface area contributed by atoms with E-state index < -0.39 is 0 Å². The lowest BCUT2D eigenvalue weighted by Crippen LogP contribution is -2.42. The summed E-state index contributed by atoms with van der Waals surface area (Å²) in [5, 5.41) is 3.45. The van der Waals surface area contributed by atoms with E-state index in [4.69, 9.17) is 4.74 Å². The van der Waals surface area contributed by atoms with Crippen LogP contribution in [-0.4, -0.2) is 48.8 Å². The van der Waals surface area contributed by atoms with Gasteiger partial charge in [0.2, 0.25) is 5.91 Å². The predicted molar refractivity (Wildman–Crippen MR) is 96.7 cm³/mol. The molecule has 3 rings (SSSR count). The molecule has 0 saturated carbocycles. The van der Waals surface area contributed by atoms with Crippen LogP contribution in [0.15, 0.2) is 29.2 Å². The molecular weight excluding hydrogens is 332 g/mol. The van der Waals surface area contributed by atoms with Crippen molar-refractivity contribution in [3.8, 4) is 5.75 Å². The second-order valence-electron chi connectivity index (χ2n) is 5.95. The standard InChI is InChI=1S/C17H24N2O2S.ClH/c1-21-15-4-6-16(7-5-15)22-11-9-17(20)19-13-2-3-14(19)12-18-10-8-13;/h4-7,13-14,18H,2-3,8-12H2,1H3;1H. The molecule has 2 heterocycles. The fourth-order valence-corrected chi connectivity index (χ4v) is 4.29. The van der Waals surface area contributed by atoms with Gasteiger partial charge in [-0.1, -0.05) is 0 Å². The lowest BCUT2D eigenvalue weighted by molar-refractivity contribution is -0.133. The topological polar surface area (TPSA) is 41.6 Å². The Balaban J connectivity index is 0.00000192. The van der Waals surface area contributed by atoms with E-state index in [0.29, 0.717) is 24.4 Å². The molecule has 23 heavy (non-hydrogen) atoms. The van der Waals surface area contributed by atoms with Crippen LogP contribution in [0.5, 0.6) is 5.75 Å². The molecule has 2 fully saturated rings. The molecule has 2 saturated heterocycles. The average Bonchev–Trinajstić information content (AvgIpc) is 2.81. The van der Waals surface area contributed by atoms with Crippen molar-refractivity contribution in [3.05, 3.63) is 24.3 Å². The van der Waals surface area contributed by atoms with Crippen LogP contribution in [0.25, 0.3) is 0 Å². The van der Waals surface area contributed by atoms with E-state index in [1.165, 1.54) is 11.3 Å². The van der Waals surface area contributed by atoms with Crippen LogP contribution in [-0.2, 0) is 4.79 Å². The summed E-state index contributed by atoms with van der Waals surface area (Å²) in [6.45, 7) is 2.01. The molecule has 1 N–H and O–H groups in total. The molecule has 4 nitrogen and oxygen atoms in total. The number of benzene rings is 1. The van der Waals surface area contributed by atoms with Gasteiger partial charge >= 0.3 is 0 Å². The molecule has 1 amide bonds. The van der Waals surface area contributed by atoms with Crippen molar-refractivity contribution < 1.29 is 9.53 Å². The van der Waals surface area contributed by atoms with Gasteiger partial charge in [0.05, 0.1) is 7.11 Å². The van der Waals surface area contributed by atoms with Crippen LogP contribution in [0.2, 0.25) is 0 Å². The summed E-state index contributed by atoms with van der Waals surface area (Å²) < 4.78 is 5.16. The summed E-state index contributed by atoms with van der Waals surface area (Å²) in [6.07, 6.45) is 4.08. The van der Waals surface area contributed by atoms with E-state index in [0.717, 1.165) is 37.4 Å². The molecule has 1 aromatic carbocycles. The second kappa shape index (κ2) is 8.81. The van der Waals surface area contributed by atoms with E-state index >= 15 is 0 Å². The molecule has 2 atom stereocenters. The zero-order valence-corrected chi connectivity index (χ0v) is 15.1. The number of nitrogens with one attached hydrogen (secondary N) is 1. The number of fused-ring (bicyclic) bond motifs is 2. The minimum absolute atomic E-state index is 0. The highest BCUT2D eigenvalue weighted by Crippen LogP contribution is 2.29. The normalized spacial score (nSPS) is 23.1. The van der Waals surface area contributed by atoms with Crippen LogP contribution >= 0.6 is 24.2 Å². The van der Waals surface area contributed by atoms with Gasteiger partial charge in [0.25, 0.3) is 0 Å². The molecule has 6 heteroatoms. The number of thioether (sulfide) groups is 1. The largest absolute Gasteiger partial charge is 0.497 e. The summed E-state index contributed by atoms with van der Waals surface area (Å²) in [5.41, 5.74) is 0. The van der Waals surface area contributed by atoms with E-state index in [1.807, 2.05) is 24.3 Å². The first-order valence-electron chi connectivity index (χ1n) is 8.06. The monoisotopic (exact) mass is 356 g/mol. The molecule has 2 bridgehead atoms. The Morgan fingerprint density at radius 3 is 2.74 bits per heavy atom. The Kier molecular flexibility index (Phi) is 7.06. The van der Waals surface area contributed by atoms with E-state index in [1.54, 1.807) is 18.9 Å². The number of hydrogen-bond donors (Lipinski definition) is 1. The summed E-state index contributed by atoms with van der Waals surface area (Å²) in [5.74, 6) is 2.04. The molecular formula is C17H25ClN2O2S. The van der Waals surface area contributed by atoms with E-state index in [9.17, 15) is 4.79 Å². The molecule has 2 unspecified atom stereocenters. The summed E-state index contributed by atoms with van der Waals surface area (Å²) in [6, 6.07) is 8.92. The highest BCUT2D eigenvalue weighted by atomic mass is 35.5. The van der Waals surface area contributed by atoms with Crippen molar-refractivity contribution in [1.29, 1.82) is 0 Å². The van der Waals surface area contributed by atoms with Gasteiger partial charge < -0.3 is 15.0 Å². The van der Waals surface area contributed by atoms with E-state index in [2.05, 4.69) is 10.2 Å². The minimum Gasteiger partial charge on any atom is -0.497 e. The maximum atomic E-state index is 12.6. The van der Waals surface area contributed by atoms with Crippen molar-refractivity contribution in [1.82, 2.24) is 10.2 Å². The number of halogens is 1. The Labute approximate surface area is 148 Å². The Hall–Kier alpha value is -0.910. The smallest absolute Gasteiger partial charge is 0.223 e. The number of hydrogen-bond acceptors (Lipinski definition) is 4. The Morgan fingerprint density at radius 1 is 1.26 bits per heavy atom. The van der Waals surface area contributed by atoms with Gasteiger partial charge in [-0.15, -0.1) is 24.2 Å². The number of amides is 1. The number of methoxy groups -OCH3 is 1. The number of rotatable bonds is 5. The van der Waals surface area contributed by atoms with Gasteiger partial charge in [-0.3, -0.25) is 4.79 Å². The van der Waals surface area contributed by atoms with Crippen molar-refractivity contribution in [3.63, 3.8) is 0 Å². The first-order valence-corrected chi connectivity index (χ1v) is 9.05. The lowest BCUT2D eigenvalue weighted by Gasteiger charge is -2.28. The molecule has 128 valence electrons. The molecule has 0 aliphatic carbocycles. The molecule has 0 spiro atoms. The third-order valence-corrected chi connectivity index (χ3v) is 5.60. The van der Waals surface area contributed by atoms with Crippen molar-refractivity contribution >= 4 is 30.1 Å². The van der Waals surface area contributed by atoms with Crippen LogP contribution in [0.1, 0.15) is 25.7 Å². The molecule has 1 aromatic rings. The number of carbonyl (C=O) groups is 1. The highest BCUT2D eigenvalue weighted by molar-refractivity contribution is 7.99. The molecule has 2 aliphatic heterocycles. The molecule has 0 radical (unpaired) electrons. The van der Waals surface area contributed by atoms with Crippen molar-refractivity contribution in [2.45, 2.75) is 42.7 Å². The molecule has 0 aromatic heterocycles. The third kappa shape index (κ3) is 4.55. The second-order valence-corrected chi connectivity index (χ2v) is 7.12. The zero-order chi connectivity index (χ0) is 15.4. The quantitative estimate of drug-likeness (QED) is 0.823. The SMILES string of the molecule is COc1ccc(SCCC(=O)N2C3CCNCC2CC3)cc1.Cl. The first-order chi connectivity index (χ1) is 10.8. The summed E-state index contributed by atoms with van der Waals surface area (Å²) in [7, 11) is 1.67. The zero-order valence-electron chi connectivity index (χ0n) is 13.5. The highest BCUT2D eigenvalue weighted by Gasteiger charge is 2.37. The Morgan fingerprint density at radius 2 is 2.00 bits per heavy atom. The van der Waals surface area contributed by atoms with Crippen LogP contribution in [0.4, 0.5) is 0 Å².